The van der Waals surface area contributed by atoms with E-state index in [1.54, 1.807) is 13.3 Å². The highest BCUT2D eigenvalue weighted by Crippen LogP contribution is 2.41. The van der Waals surface area contributed by atoms with Gasteiger partial charge in [0.1, 0.15) is 11.3 Å². The van der Waals surface area contributed by atoms with Crippen LogP contribution in [-0.4, -0.2) is 68.7 Å². The van der Waals surface area contributed by atoms with Crippen LogP contribution >= 0.6 is 0 Å². The second-order valence-corrected chi connectivity index (χ2v) is 13.8. The molecule has 3 aromatic heterocycles. The van der Waals surface area contributed by atoms with Gasteiger partial charge in [0.2, 0.25) is 0 Å². The molecule has 2 unspecified atom stereocenters. The molecule has 1 saturated heterocycles. The van der Waals surface area contributed by atoms with Crippen molar-refractivity contribution in [2.45, 2.75) is 44.3 Å². The zero-order valence-corrected chi connectivity index (χ0v) is 27.3. The number of methoxy groups -OCH3 is 2. The van der Waals surface area contributed by atoms with Crippen LogP contribution in [0.15, 0.2) is 60.8 Å². The first kappa shape index (κ1) is 29.1. The van der Waals surface area contributed by atoms with Crippen LogP contribution in [0, 0.1) is 11.8 Å². The van der Waals surface area contributed by atoms with Crippen molar-refractivity contribution in [1.29, 1.82) is 0 Å². The lowest BCUT2D eigenvalue weighted by molar-refractivity contribution is 0.0602. The number of benzene rings is 3. The van der Waals surface area contributed by atoms with Gasteiger partial charge in [0.25, 0.3) is 5.91 Å². The van der Waals surface area contributed by atoms with Crippen molar-refractivity contribution >= 4 is 44.7 Å². The molecule has 6 aromatic rings. The van der Waals surface area contributed by atoms with E-state index in [1.165, 1.54) is 20.0 Å². The summed E-state index contributed by atoms with van der Waals surface area (Å²) in [5.41, 5.74) is 14.3. The number of nitrogens with one attached hydrogen (secondary N) is 1. The molecule has 0 spiro atoms. The van der Waals surface area contributed by atoms with E-state index in [4.69, 9.17) is 20.2 Å². The van der Waals surface area contributed by atoms with E-state index >= 15 is 0 Å². The average Bonchev–Trinajstić information content (AvgIpc) is 3.35. The minimum absolute atomic E-state index is 0.00281. The molecule has 48 heavy (non-hydrogen) atoms. The Morgan fingerprint density at radius 3 is 2.54 bits per heavy atom. The van der Waals surface area contributed by atoms with Crippen LogP contribution < -0.4 is 10.5 Å². The number of nitrogens with zero attached hydrogens (tertiary/aromatic N) is 4. The number of carbonyl (C=O) groups excluding carboxylic acids is 2. The Morgan fingerprint density at radius 1 is 1.00 bits per heavy atom. The molecule has 3 atom stereocenters. The van der Waals surface area contributed by atoms with Crippen molar-refractivity contribution in [3.8, 4) is 28.4 Å². The molecule has 3 fully saturated rings. The van der Waals surface area contributed by atoms with Crippen LogP contribution in [-0.2, 0) is 18.3 Å². The third-order valence-electron chi connectivity index (χ3n) is 11.0. The number of hydrogen-bond donors (Lipinski definition) is 2. The predicted octanol–water partition coefficient (Wildman–Crippen LogP) is 6.11. The molecule has 1 amide bonds. The normalized spacial score (nSPS) is 20.4. The zero-order valence-electron chi connectivity index (χ0n) is 27.3. The number of piperidine rings is 1. The molecule has 3 aliphatic rings. The summed E-state index contributed by atoms with van der Waals surface area (Å²) in [7, 11) is 5.06. The number of aryl methyl sites for hydroxylation is 1. The standard InChI is InChI=1S/C38H38N6O4/c1-42-35-29(13-25(16-33(35)47-2)37(45)44-19-24-9-11-30(44)34(24)39)41-36(42)32-15-23-7-6-22(14-31(23)43(32)18-20-4-5-20)21-8-10-28-26(12-21)27(17-40-28)38(46)48-3/h6-8,10,12-17,20,24,30,34,40H,4-5,9,11,18-19,39H2,1-3H3/t24?,30?,34-/m1/s1. The van der Waals surface area contributed by atoms with Gasteiger partial charge in [-0.05, 0) is 85.0 Å². The molecule has 10 heteroatoms. The number of ether oxygens (including phenoxy) is 2. The van der Waals surface area contributed by atoms with Gasteiger partial charge < -0.3 is 34.2 Å². The van der Waals surface area contributed by atoms with Gasteiger partial charge >= 0.3 is 5.97 Å². The van der Waals surface area contributed by atoms with Crippen LogP contribution in [0.1, 0.15) is 46.4 Å². The topological polar surface area (TPSA) is 120 Å². The molecule has 2 aliphatic carbocycles. The van der Waals surface area contributed by atoms with Gasteiger partial charge in [-0.2, -0.15) is 0 Å². The molecule has 3 N–H and O–H groups in total. The summed E-state index contributed by atoms with van der Waals surface area (Å²) in [5, 5.41) is 1.96. The quantitative estimate of drug-likeness (QED) is 0.203. The van der Waals surface area contributed by atoms with Gasteiger partial charge in [0.05, 0.1) is 31.0 Å². The van der Waals surface area contributed by atoms with E-state index < -0.39 is 0 Å². The number of fused-ring (bicyclic) bond motifs is 5. The Kier molecular flexibility index (Phi) is 6.49. The van der Waals surface area contributed by atoms with Crippen LogP contribution in [0.5, 0.6) is 5.75 Å². The average molecular weight is 643 g/mol. The summed E-state index contributed by atoms with van der Waals surface area (Å²) in [6.07, 6.45) is 6.18. The summed E-state index contributed by atoms with van der Waals surface area (Å²) >= 11 is 0. The highest BCUT2D eigenvalue weighted by Gasteiger charge is 2.47. The minimum atomic E-state index is -0.361. The first-order chi connectivity index (χ1) is 23.3. The number of esters is 1. The molecule has 1 aliphatic heterocycles. The van der Waals surface area contributed by atoms with Gasteiger partial charge in [-0.25, -0.2) is 9.78 Å². The van der Waals surface area contributed by atoms with E-state index in [0.29, 0.717) is 35.3 Å². The number of likely N-dealkylation sites (tertiary alicyclic amines) is 1. The Bertz CT molecular complexity index is 2290. The maximum Gasteiger partial charge on any atom is 0.340 e. The maximum atomic E-state index is 13.8. The highest BCUT2D eigenvalue weighted by molar-refractivity contribution is 6.05. The number of aromatic amines is 1. The summed E-state index contributed by atoms with van der Waals surface area (Å²) in [6, 6.07) is 18.8. The van der Waals surface area contributed by atoms with E-state index in [2.05, 4.69) is 44.5 Å². The first-order valence-electron chi connectivity index (χ1n) is 16.8. The van der Waals surface area contributed by atoms with Crippen molar-refractivity contribution in [3.05, 3.63) is 71.9 Å². The largest absolute Gasteiger partial charge is 0.494 e. The second kappa shape index (κ2) is 10.7. The Morgan fingerprint density at radius 2 is 1.81 bits per heavy atom. The molecular formula is C38H38N6O4. The van der Waals surface area contributed by atoms with Crippen molar-refractivity contribution in [2.75, 3.05) is 20.8 Å². The summed E-state index contributed by atoms with van der Waals surface area (Å²) in [4.78, 5) is 36.5. The lowest BCUT2D eigenvalue weighted by Gasteiger charge is -2.27. The van der Waals surface area contributed by atoms with Gasteiger partial charge in [-0.15, -0.1) is 0 Å². The molecular weight excluding hydrogens is 604 g/mol. The summed E-state index contributed by atoms with van der Waals surface area (Å²) in [6.45, 7) is 1.61. The third-order valence-corrected chi connectivity index (χ3v) is 11.0. The van der Waals surface area contributed by atoms with Crippen molar-refractivity contribution in [2.24, 2.45) is 24.6 Å². The number of rotatable bonds is 7. The van der Waals surface area contributed by atoms with Gasteiger partial charge in [0, 0.05) is 65.8 Å². The Balaban J connectivity index is 1.14. The Labute approximate surface area is 277 Å². The predicted molar refractivity (Wildman–Crippen MR) is 185 cm³/mol. The molecule has 10 nitrogen and oxygen atoms in total. The minimum Gasteiger partial charge on any atom is -0.494 e. The molecule has 4 heterocycles. The summed E-state index contributed by atoms with van der Waals surface area (Å²) in [5.74, 6) is 2.09. The first-order valence-corrected chi connectivity index (χ1v) is 16.8. The molecule has 0 radical (unpaired) electrons. The van der Waals surface area contributed by atoms with Crippen LogP contribution in [0.3, 0.4) is 0 Å². The van der Waals surface area contributed by atoms with Crippen LogP contribution in [0.25, 0.3) is 55.5 Å². The van der Waals surface area contributed by atoms with Gasteiger partial charge in [-0.1, -0.05) is 18.2 Å². The second-order valence-electron chi connectivity index (χ2n) is 13.8. The van der Waals surface area contributed by atoms with Gasteiger partial charge in [0.15, 0.2) is 5.82 Å². The molecule has 2 saturated carbocycles. The fourth-order valence-corrected chi connectivity index (χ4v) is 8.22. The zero-order chi connectivity index (χ0) is 32.8. The number of carbonyl (C=O) groups is 2. The van der Waals surface area contributed by atoms with Gasteiger partial charge in [-0.3, -0.25) is 4.79 Å². The maximum absolute atomic E-state index is 13.8. The Hall–Kier alpha value is -5.09. The van der Waals surface area contributed by atoms with E-state index in [0.717, 1.165) is 74.9 Å². The SMILES string of the molecule is COC(=O)c1c[nH]c2ccc(-c3ccc4cc(-c5nc6cc(C(=O)N7CC8CCC7[C@@H]8N)cc(OC)c6n5C)n(CC5CC5)c4c3)cc12. The highest BCUT2D eigenvalue weighted by atomic mass is 16.5. The fourth-order valence-electron chi connectivity index (χ4n) is 8.22. The number of nitrogens with two attached hydrogens (primary N) is 1. The van der Waals surface area contributed by atoms with E-state index in [9.17, 15) is 9.59 Å². The smallest absolute Gasteiger partial charge is 0.340 e. The number of hydrogen-bond acceptors (Lipinski definition) is 6. The van der Waals surface area contributed by atoms with E-state index in [-0.39, 0.29) is 24.0 Å². The number of imidazole rings is 1. The third kappa shape index (κ3) is 4.38. The van der Waals surface area contributed by atoms with Crippen LogP contribution in [0.4, 0.5) is 0 Å². The number of aromatic nitrogens is 4. The molecule has 244 valence electrons. The van der Waals surface area contributed by atoms with E-state index in [1.807, 2.05) is 36.2 Å². The van der Waals surface area contributed by atoms with Crippen molar-refractivity contribution in [3.63, 3.8) is 0 Å². The van der Waals surface area contributed by atoms with Crippen molar-refractivity contribution in [1.82, 2.24) is 24.0 Å². The fraction of sp³-hybridized carbons (Fsp3) is 0.342. The lowest BCUT2D eigenvalue weighted by Crippen LogP contribution is -2.41. The molecule has 2 bridgehead atoms. The van der Waals surface area contributed by atoms with Crippen molar-refractivity contribution < 1.29 is 19.1 Å². The monoisotopic (exact) mass is 642 g/mol. The lowest BCUT2D eigenvalue weighted by atomic mass is 10.0. The number of H-pyrrole nitrogens is 1. The molecule has 9 rings (SSSR count). The number of amides is 1. The van der Waals surface area contributed by atoms with Crippen LogP contribution in [0.2, 0.25) is 0 Å². The molecule has 3 aromatic carbocycles. The summed E-state index contributed by atoms with van der Waals surface area (Å²) < 4.78 is 15.4.